The number of nitrogens with two attached hydrogens (primary N) is 1. The van der Waals surface area contributed by atoms with Crippen molar-refractivity contribution in [2.75, 3.05) is 13.1 Å². The van der Waals surface area contributed by atoms with Gasteiger partial charge in [-0.05, 0) is 31.7 Å². The third-order valence-electron chi connectivity index (χ3n) is 4.37. The maximum absolute atomic E-state index is 6.18. The molecule has 1 unspecified atom stereocenters. The molecule has 3 nitrogen and oxygen atoms in total. The van der Waals surface area contributed by atoms with Gasteiger partial charge in [0, 0.05) is 30.1 Å². The normalized spacial score (nSPS) is 17.0. The summed E-state index contributed by atoms with van der Waals surface area (Å²) in [6.07, 6.45) is 2.61. The first-order chi connectivity index (χ1) is 10.1. The number of fused-ring (bicyclic) bond motifs is 1. The van der Waals surface area contributed by atoms with E-state index in [0.717, 1.165) is 17.9 Å². The quantitative estimate of drug-likeness (QED) is 0.876. The lowest BCUT2D eigenvalue weighted by Gasteiger charge is -2.32. The first-order valence-corrected chi connectivity index (χ1v) is 8.05. The molecule has 0 radical (unpaired) electrons. The molecule has 1 saturated carbocycles. The van der Waals surface area contributed by atoms with E-state index in [1.165, 1.54) is 23.8 Å². The predicted molar refractivity (Wildman–Crippen MR) is 87.3 cm³/mol. The fourth-order valence-electron chi connectivity index (χ4n) is 3.38. The minimum absolute atomic E-state index is 0.267. The summed E-state index contributed by atoms with van der Waals surface area (Å²) in [4.78, 5) is 2.61. The van der Waals surface area contributed by atoms with Gasteiger partial charge < -0.3 is 10.2 Å². The summed E-state index contributed by atoms with van der Waals surface area (Å²) in [6.45, 7) is 8.38. The maximum atomic E-state index is 6.18. The highest BCUT2D eigenvalue weighted by Gasteiger charge is 2.36. The Kier molecular flexibility index (Phi) is 4.05. The minimum Gasteiger partial charge on any atom is -0.461 e. The smallest absolute Gasteiger partial charge is 0.134 e. The van der Waals surface area contributed by atoms with Crippen molar-refractivity contribution in [2.45, 2.75) is 45.7 Å². The second kappa shape index (κ2) is 5.82. The van der Waals surface area contributed by atoms with Crippen LogP contribution >= 0.6 is 0 Å². The van der Waals surface area contributed by atoms with Crippen molar-refractivity contribution < 1.29 is 4.42 Å². The Bertz CT molecular complexity index is 613. The van der Waals surface area contributed by atoms with E-state index in [9.17, 15) is 0 Å². The highest BCUT2D eigenvalue weighted by Crippen LogP contribution is 2.39. The van der Waals surface area contributed by atoms with E-state index in [2.05, 4.69) is 37.8 Å². The van der Waals surface area contributed by atoms with Crippen LogP contribution in [0.4, 0.5) is 0 Å². The van der Waals surface area contributed by atoms with Crippen LogP contribution in [0, 0.1) is 12.8 Å². The third-order valence-corrected chi connectivity index (χ3v) is 4.37. The standard InChI is InChI=1S/C18H26N2O/c1-12(2)11-20(14-8-9-14)16(10-19)18-13(3)21-17-7-5-4-6-15(17)18/h4-7,12,14,16H,8-11,19H2,1-3H3. The molecular weight excluding hydrogens is 260 g/mol. The van der Waals surface area contributed by atoms with Crippen molar-refractivity contribution in [1.82, 2.24) is 4.90 Å². The van der Waals surface area contributed by atoms with Crippen molar-refractivity contribution in [2.24, 2.45) is 11.7 Å². The summed E-state index contributed by atoms with van der Waals surface area (Å²) in [6, 6.07) is 9.28. The van der Waals surface area contributed by atoms with Crippen molar-refractivity contribution in [3.63, 3.8) is 0 Å². The number of furan rings is 1. The van der Waals surface area contributed by atoms with Crippen LogP contribution in [-0.2, 0) is 0 Å². The third kappa shape index (κ3) is 2.85. The van der Waals surface area contributed by atoms with Crippen LogP contribution in [0.5, 0.6) is 0 Å². The van der Waals surface area contributed by atoms with Crippen LogP contribution < -0.4 is 5.73 Å². The molecule has 114 valence electrons. The zero-order chi connectivity index (χ0) is 15.0. The van der Waals surface area contributed by atoms with Gasteiger partial charge in [0.25, 0.3) is 0 Å². The molecule has 0 saturated heterocycles. The van der Waals surface area contributed by atoms with E-state index in [1.807, 2.05) is 12.1 Å². The van der Waals surface area contributed by atoms with Crippen molar-refractivity contribution >= 4 is 11.0 Å². The molecule has 3 rings (SSSR count). The minimum atomic E-state index is 0.267. The molecule has 0 bridgehead atoms. The summed E-state index contributed by atoms with van der Waals surface area (Å²) in [5, 5.41) is 1.22. The Hall–Kier alpha value is -1.32. The molecule has 1 atom stereocenters. The molecule has 1 aromatic heterocycles. The molecule has 0 aliphatic heterocycles. The lowest BCUT2D eigenvalue weighted by molar-refractivity contribution is 0.169. The van der Waals surface area contributed by atoms with E-state index in [-0.39, 0.29) is 6.04 Å². The summed E-state index contributed by atoms with van der Waals surface area (Å²) in [5.41, 5.74) is 8.45. The van der Waals surface area contributed by atoms with Gasteiger partial charge in [-0.3, -0.25) is 4.90 Å². The van der Waals surface area contributed by atoms with Crippen LogP contribution in [0.3, 0.4) is 0 Å². The largest absolute Gasteiger partial charge is 0.461 e. The molecule has 1 fully saturated rings. The van der Waals surface area contributed by atoms with Crippen LogP contribution in [0.25, 0.3) is 11.0 Å². The van der Waals surface area contributed by atoms with Gasteiger partial charge in [0.15, 0.2) is 0 Å². The van der Waals surface area contributed by atoms with Gasteiger partial charge in [0.2, 0.25) is 0 Å². The number of para-hydroxylation sites is 1. The fourth-order valence-corrected chi connectivity index (χ4v) is 3.38. The number of rotatable bonds is 6. The monoisotopic (exact) mass is 286 g/mol. The Labute approximate surface area is 127 Å². The van der Waals surface area contributed by atoms with Crippen LogP contribution in [0.2, 0.25) is 0 Å². The van der Waals surface area contributed by atoms with E-state index in [0.29, 0.717) is 18.5 Å². The first-order valence-electron chi connectivity index (χ1n) is 8.05. The van der Waals surface area contributed by atoms with Gasteiger partial charge in [-0.15, -0.1) is 0 Å². The van der Waals surface area contributed by atoms with Gasteiger partial charge in [-0.2, -0.15) is 0 Å². The van der Waals surface area contributed by atoms with E-state index in [4.69, 9.17) is 10.2 Å². The molecule has 1 heterocycles. The molecule has 0 spiro atoms. The zero-order valence-electron chi connectivity index (χ0n) is 13.3. The van der Waals surface area contributed by atoms with Gasteiger partial charge in [-0.25, -0.2) is 0 Å². The molecule has 21 heavy (non-hydrogen) atoms. The number of hydrogen-bond donors (Lipinski definition) is 1. The Morgan fingerprint density at radius 3 is 2.62 bits per heavy atom. The summed E-state index contributed by atoms with van der Waals surface area (Å²) >= 11 is 0. The Morgan fingerprint density at radius 2 is 2.00 bits per heavy atom. The van der Waals surface area contributed by atoms with Crippen molar-refractivity contribution in [1.29, 1.82) is 0 Å². The maximum Gasteiger partial charge on any atom is 0.134 e. The molecule has 2 aromatic rings. The lowest BCUT2D eigenvalue weighted by atomic mass is 10.00. The zero-order valence-corrected chi connectivity index (χ0v) is 13.3. The predicted octanol–water partition coefficient (Wildman–Crippen LogP) is 3.86. The number of hydrogen-bond acceptors (Lipinski definition) is 3. The highest BCUT2D eigenvalue weighted by atomic mass is 16.3. The van der Waals surface area contributed by atoms with Crippen LogP contribution in [0.15, 0.2) is 28.7 Å². The number of benzene rings is 1. The lowest BCUT2D eigenvalue weighted by Crippen LogP contribution is -2.38. The highest BCUT2D eigenvalue weighted by molar-refractivity contribution is 5.82. The topological polar surface area (TPSA) is 42.4 Å². The average molecular weight is 286 g/mol. The SMILES string of the molecule is Cc1oc2ccccc2c1C(CN)N(CC(C)C)C1CC1. The molecule has 1 aliphatic rings. The molecule has 2 N–H and O–H groups in total. The number of nitrogens with zero attached hydrogens (tertiary/aromatic N) is 1. The number of aryl methyl sites for hydroxylation is 1. The van der Waals surface area contributed by atoms with Gasteiger partial charge in [0.05, 0.1) is 6.04 Å². The molecule has 1 aliphatic carbocycles. The second-order valence-corrected chi connectivity index (χ2v) is 6.64. The van der Waals surface area contributed by atoms with Crippen LogP contribution in [-0.4, -0.2) is 24.0 Å². The van der Waals surface area contributed by atoms with Crippen molar-refractivity contribution in [3.05, 3.63) is 35.6 Å². The molecule has 0 amide bonds. The summed E-state index contributed by atoms with van der Waals surface area (Å²) < 4.78 is 5.95. The molecular formula is C18H26N2O. The van der Waals surface area contributed by atoms with Crippen LogP contribution in [0.1, 0.15) is 44.1 Å². The van der Waals surface area contributed by atoms with Gasteiger partial charge in [0.1, 0.15) is 11.3 Å². The fraction of sp³-hybridized carbons (Fsp3) is 0.556. The van der Waals surface area contributed by atoms with Gasteiger partial charge in [-0.1, -0.05) is 32.0 Å². The van der Waals surface area contributed by atoms with Gasteiger partial charge >= 0.3 is 0 Å². The molecule has 1 aromatic carbocycles. The summed E-state index contributed by atoms with van der Waals surface area (Å²) in [5.74, 6) is 1.67. The van der Waals surface area contributed by atoms with Crippen molar-refractivity contribution in [3.8, 4) is 0 Å². The Balaban J connectivity index is 2.02. The first kappa shape index (κ1) is 14.6. The average Bonchev–Trinajstić information content (AvgIpc) is 3.23. The second-order valence-electron chi connectivity index (χ2n) is 6.64. The summed E-state index contributed by atoms with van der Waals surface area (Å²) in [7, 11) is 0. The molecule has 3 heteroatoms. The van der Waals surface area contributed by atoms with E-state index >= 15 is 0 Å². The Morgan fingerprint density at radius 1 is 1.29 bits per heavy atom. The van der Waals surface area contributed by atoms with E-state index in [1.54, 1.807) is 0 Å². The van der Waals surface area contributed by atoms with E-state index < -0.39 is 0 Å².